The highest BCUT2D eigenvalue weighted by molar-refractivity contribution is 5.77. The van der Waals surface area contributed by atoms with Crippen LogP contribution in [0.1, 0.15) is 12.0 Å². The summed E-state index contributed by atoms with van der Waals surface area (Å²) in [5, 5.41) is 3.08. The first-order chi connectivity index (χ1) is 12.7. The molecule has 6 unspecified atom stereocenters. The van der Waals surface area contributed by atoms with Gasteiger partial charge in [0.1, 0.15) is 6.61 Å². The predicted octanol–water partition coefficient (Wildman–Crippen LogP) is 2.46. The summed E-state index contributed by atoms with van der Waals surface area (Å²) in [6, 6.07) is 9.54. The predicted molar refractivity (Wildman–Crippen MR) is 91.6 cm³/mol. The molecule has 136 valence electrons. The molecule has 0 aromatic heterocycles. The molecule has 1 aromatic rings. The van der Waals surface area contributed by atoms with E-state index in [9.17, 15) is 9.59 Å². The van der Waals surface area contributed by atoms with E-state index in [-0.39, 0.29) is 24.5 Å². The van der Waals surface area contributed by atoms with Crippen molar-refractivity contribution in [1.82, 2.24) is 5.32 Å². The Morgan fingerprint density at radius 1 is 1.00 bits per heavy atom. The smallest absolute Gasteiger partial charge is 0.407 e. The number of rotatable bonds is 4. The third-order valence-corrected chi connectivity index (χ3v) is 8.09. The van der Waals surface area contributed by atoms with Crippen molar-refractivity contribution in [3.8, 4) is 0 Å². The maximum Gasteiger partial charge on any atom is 0.407 e. The Morgan fingerprint density at radius 3 is 2.31 bits per heavy atom. The fourth-order valence-corrected chi connectivity index (χ4v) is 7.44. The average Bonchev–Trinajstić information content (AvgIpc) is 3.58. The molecule has 8 rings (SSSR count). The molecular weight excluding hydrogens is 330 g/mol. The van der Waals surface area contributed by atoms with E-state index >= 15 is 0 Å². The zero-order valence-corrected chi connectivity index (χ0v) is 14.7. The van der Waals surface area contributed by atoms with E-state index in [0.717, 1.165) is 29.2 Å². The lowest BCUT2D eigenvalue weighted by molar-refractivity contribution is -0.154. The first kappa shape index (κ1) is 15.1. The minimum absolute atomic E-state index is 0.117. The van der Waals surface area contributed by atoms with E-state index in [0.29, 0.717) is 23.7 Å². The van der Waals surface area contributed by atoms with Crippen LogP contribution in [0.3, 0.4) is 0 Å². The van der Waals surface area contributed by atoms with Gasteiger partial charge in [-0.2, -0.15) is 0 Å². The van der Waals surface area contributed by atoms with Crippen LogP contribution >= 0.6 is 0 Å². The molecular formula is C21H23NO4. The number of esters is 1. The lowest BCUT2D eigenvalue weighted by Crippen LogP contribution is -2.58. The van der Waals surface area contributed by atoms with Gasteiger partial charge in [0.25, 0.3) is 0 Å². The van der Waals surface area contributed by atoms with Crippen molar-refractivity contribution in [2.45, 2.75) is 19.1 Å². The summed E-state index contributed by atoms with van der Waals surface area (Å²) in [5.41, 5.74) is 0.961. The van der Waals surface area contributed by atoms with Crippen LogP contribution < -0.4 is 5.32 Å². The molecule has 7 fully saturated rings. The zero-order chi connectivity index (χ0) is 17.6. The van der Waals surface area contributed by atoms with Crippen molar-refractivity contribution in [3.63, 3.8) is 0 Å². The SMILES string of the molecule is COC(=O)[C@@H]1C2C3C4CC5C2C5C(C43)[C@@H]1NC(=O)OCc1ccccc1. The zero-order valence-electron chi connectivity index (χ0n) is 14.7. The van der Waals surface area contributed by atoms with Crippen LogP contribution in [0, 0.1) is 53.3 Å². The van der Waals surface area contributed by atoms with Gasteiger partial charge >= 0.3 is 12.1 Å². The molecule has 26 heavy (non-hydrogen) atoms. The number of hydrogen-bond donors (Lipinski definition) is 1. The quantitative estimate of drug-likeness (QED) is 0.845. The van der Waals surface area contributed by atoms with Crippen molar-refractivity contribution >= 4 is 12.1 Å². The molecule has 5 heteroatoms. The summed E-state index contributed by atoms with van der Waals surface area (Å²) in [7, 11) is 1.46. The topological polar surface area (TPSA) is 64.6 Å². The van der Waals surface area contributed by atoms with E-state index in [1.165, 1.54) is 13.5 Å². The second-order valence-corrected chi connectivity index (χ2v) is 8.81. The number of fused-ring (bicyclic) bond motifs is 1. The third kappa shape index (κ3) is 1.81. The van der Waals surface area contributed by atoms with E-state index in [1.54, 1.807) is 0 Å². The molecule has 1 N–H and O–H groups in total. The van der Waals surface area contributed by atoms with Crippen LogP contribution in [0.2, 0.25) is 0 Å². The highest BCUT2D eigenvalue weighted by atomic mass is 16.5. The normalized spacial score (nSPS) is 47.7. The number of hydrogen-bond acceptors (Lipinski definition) is 4. The number of nitrogens with one attached hydrogen (secondary N) is 1. The summed E-state index contributed by atoms with van der Waals surface area (Å²) in [6.45, 7) is 0.250. The van der Waals surface area contributed by atoms with Gasteiger partial charge in [-0.1, -0.05) is 30.3 Å². The summed E-state index contributed by atoms with van der Waals surface area (Å²) in [4.78, 5) is 25.0. The molecule has 0 aliphatic heterocycles. The maximum atomic E-state index is 12.6. The Hall–Kier alpha value is -2.04. The van der Waals surface area contributed by atoms with Crippen LogP contribution in [0.25, 0.3) is 0 Å². The van der Waals surface area contributed by atoms with E-state index in [1.807, 2.05) is 30.3 Å². The maximum absolute atomic E-state index is 12.6. The van der Waals surface area contributed by atoms with Gasteiger partial charge in [0, 0.05) is 6.04 Å². The number of benzene rings is 1. The summed E-state index contributed by atoms with van der Waals surface area (Å²) in [5.74, 6) is 4.99. The van der Waals surface area contributed by atoms with Gasteiger partial charge in [-0.05, 0) is 59.3 Å². The van der Waals surface area contributed by atoms with E-state index in [4.69, 9.17) is 9.47 Å². The highest BCUT2D eigenvalue weighted by Gasteiger charge is 2.85. The lowest BCUT2D eigenvalue weighted by Gasteiger charge is -2.46. The molecule has 0 radical (unpaired) electrons. The molecule has 0 spiro atoms. The Bertz CT molecular complexity index is 757. The standard InChI is InChI=1S/C21H23NO4/c1-25-20(23)18-16-12-10-7-11-13(16)15(11)17(14(10)12)19(18)22-21(24)26-8-9-5-3-2-4-6-9/h2-6,10-19H,7-8H2,1H3,(H,22,24)/t10?,11?,12?,13?,14?,15?,16?,17?,18-,19+/m1/s1. The fraction of sp³-hybridized carbons (Fsp3) is 0.619. The van der Waals surface area contributed by atoms with Crippen molar-refractivity contribution in [2.24, 2.45) is 53.3 Å². The van der Waals surface area contributed by atoms with Gasteiger partial charge in [-0.3, -0.25) is 4.79 Å². The molecule has 1 aromatic carbocycles. The van der Waals surface area contributed by atoms with Crippen LogP contribution in [-0.4, -0.2) is 25.2 Å². The van der Waals surface area contributed by atoms with Gasteiger partial charge in [0.05, 0.1) is 13.0 Å². The molecule has 7 aliphatic rings. The number of carbonyl (C=O) groups is 2. The Kier molecular flexibility index (Phi) is 2.91. The second kappa shape index (κ2) is 5.02. The number of alkyl carbamates (subject to hydrolysis) is 1. The van der Waals surface area contributed by atoms with Crippen LogP contribution in [0.15, 0.2) is 30.3 Å². The number of amides is 1. The van der Waals surface area contributed by atoms with Gasteiger partial charge in [-0.25, -0.2) is 4.79 Å². The third-order valence-electron chi connectivity index (χ3n) is 8.09. The van der Waals surface area contributed by atoms with Crippen molar-refractivity contribution in [3.05, 3.63) is 35.9 Å². The molecule has 1 amide bonds. The molecule has 0 heterocycles. The molecule has 7 saturated carbocycles. The summed E-state index contributed by atoms with van der Waals surface area (Å²) >= 11 is 0. The molecule has 7 aliphatic carbocycles. The Balaban J connectivity index is 1.21. The van der Waals surface area contributed by atoms with Gasteiger partial charge in [-0.15, -0.1) is 0 Å². The number of carbonyl (C=O) groups excluding carboxylic acids is 2. The first-order valence-electron chi connectivity index (χ1n) is 9.75. The van der Waals surface area contributed by atoms with Crippen molar-refractivity contribution in [2.75, 3.05) is 7.11 Å². The molecule has 8 atom stereocenters. The number of methoxy groups -OCH3 is 1. The van der Waals surface area contributed by atoms with Crippen LogP contribution in [-0.2, 0) is 20.9 Å². The van der Waals surface area contributed by atoms with Crippen molar-refractivity contribution in [1.29, 1.82) is 0 Å². The lowest BCUT2D eigenvalue weighted by atomic mass is 9.61. The Morgan fingerprint density at radius 2 is 1.65 bits per heavy atom. The largest absolute Gasteiger partial charge is 0.469 e. The van der Waals surface area contributed by atoms with Gasteiger partial charge in [0.2, 0.25) is 0 Å². The first-order valence-corrected chi connectivity index (χ1v) is 9.75. The van der Waals surface area contributed by atoms with Gasteiger partial charge < -0.3 is 14.8 Å². The van der Waals surface area contributed by atoms with Crippen molar-refractivity contribution < 1.29 is 19.1 Å². The monoisotopic (exact) mass is 353 g/mol. The van der Waals surface area contributed by atoms with E-state index < -0.39 is 6.09 Å². The highest BCUT2D eigenvalue weighted by Crippen LogP contribution is 2.86. The second-order valence-electron chi connectivity index (χ2n) is 8.81. The minimum Gasteiger partial charge on any atom is -0.469 e. The average molecular weight is 353 g/mol. The number of ether oxygens (including phenoxy) is 2. The summed E-state index contributed by atoms with van der Waals surface area (Å²) in [6.07, 6.45) is 0.944. The summed E-state index contributed by atoms with van der Waals surface area (Å²) < 4.78 is 10.6. The Labute approximate surface area is 152 Å². The molecule has 8 bridgehead atoms. The fourth-order valence-electron chi connectivity index (χ4n) is 7.44. The van der Waals surface area contributed by atoms with E-state index in [2.05, 4.69) is 5.32 Å². The minimum atomic E-state index is -0.414. The van der Waals surface area contributed by atoms with Crippen LogP contribution in [0.4, 0.5) is 4.79 Å². The van der Waals surface area contributed by atoms with Gasteiger partial charge in [0.15, 0.2) is 0 Å². The molecule has 5 nitrogen and oxygen atoms in total. The molecule has 0 saturated heterocycles. The van der Waals surface area contributed by atoms with Crippen LogP contribution in [0.5, 0.6) is 0 Å².